The lowest BCUT2D eigenvalue weighted by molar-refractivity contribution is 0.785. The van der Waals surface area contributed by atoms with Gasteiger partial charge >= 0.3 is 0 Å². The van der Waals surface area contributed by atoms with Crippen molar-refractivity contribution in [2.75, 3.05) is 0 Å². The molecule has 0 amide bonds. The third-order valence-corrected chi connectivity index (χ3v) is 5.37. The van der Waals surface area contributed by atoms with Crippen molar-refractivity contribution < 1.29 is 0 Å². The van der Waals surface area contributed by atoms with E-state index in [-0.39, 0.29) is 5.92 Å². The Morgan fingerprint density at radius 2 is 1.24 bits per heavy atom. The second-order valence-corrected chi connectivity index (χ2v) is 7.71. The van der Waals surface area contributed by atoms with Gasteiger partial charge in [0.1, 0.15) is 5.82 Å². The first-order valence-corrected chi connectivity index (χ1v) is 10.1. The third kappa shape index (κ3) is 3.17. The average molecular weight is 374 g/mol. The van der Waals surface area contributed by atoms with E-state index in [1.807, 2.05) is 12.1 Å². The fourth-order valence-electron chi connectivity index (χ4n) is 3.81. The molecule has 0 aliphatic rings. The zero-order chi connectivity index (χ0) is 19.8. The van der Waals surface area contributed by atoms with Gasteiger partial charge in [-0.3, -0.25) is 0 Å². The normalized spacial score (nSPS) is 11.4. The summed E-state index contributed by atoms with van der Waals surface area (Å²) in [6.45, 7) is 4.30. The minimum absolute atomic E-state index is 0.259. The van der Waals surface area contributed by atoms with Crippen LogP contribution in [0.3, 0.4) is 0 Å². The summed E-state index contributed by atoms with van der Waals surface area (Å²) in [5.41, 5.74) is 5.58. The van der Waals surface area contributed by atoms with Crippen LogP contribution in [0.5, 0.6) is 0 Å². The Bertz CT molecular complexity index is 1310. The molecule has 0 radical (unpaired) electrons. The summed E-state index contributed by atoms with van der Waals surface area (Å²) in [6, 6.07) is 31.9. The Labute approximate surface area is 170 Å². The van der Waals surface area contributed by atoms with Crippen molar-refractivity contribution in [3.63, 3.8) is 0 Å². The molecule has 2 nitrogen and oxygen atoms in total. The lowest BCUT2D eigenvalue weighted by Gasteiger charge is -2.13. The van der Waals surface area contributed by atoms with Crippen LogP contribution in [0.4, 0.5) is 0 Å². The van der Waals surface area contributed by atoms with Crippen molar-refractivity contribution in [3.8, 4) is 22.4 Å². The molecule has 140 valence electrons. The summed E-state index contributed by atoms with van der Waals surface area (Å²) in [4.78, 5) is 9.96. The van der Waals surface area contributed by atoms with Crippen LogP contribution in [0.15, 0.2) is 91.0 Å². The lowest BCUT2D eigenvalue weighted by atomic mass is 9.97. The van der Waals surface area contributed by atoms with Crippen LogP contribution < -0.4 is 0 Å². The summed E-state index contributed by atoms with van der Waals surface area (Å²) in [6.07, 6.45) is 0. The molecule has 0 bridgehead atoms. The average Bonchev–Trinajstić information content (AvgIpc) is 2.79. The first-order chi connectivity index (χ1) is 14.2. The van der Waals surface area contributed by atoms with Crippen LogP contribution in [-0.2, 0) is 0 Å². The first-order valence-electron chi connectivity index (χ1n) is 10.1. The Hall–Kier alpha value is -3.52. The summed E-state index contributed by atoms with van der Waals surface area (Å²) in [5.74, 6) is 1.14. The summed E-state index contributed by atoms with van der Waals surface area (Å²) < 4.78 is 0. The highest BCUT2D eigenvalue weighted by molar-refractivity contribution is 6.10. The second kappa shape index (κ2) is 7.14. The Kier molecular flexibility index (Phi) is 4.33. The van der Waals surface area contributed by atoms with Crippen LogP contribution in [0.1, 0.15) is 25.6 Å². The molecule has 0 saturated carbocycles. The van der Waals surface area contributed by atoms with Gasteiger partial charge in [-0.25, -0.2) is 9.97 Å². The van der Waals surface area contributed by atoms with Crippen LogP contribution >= 0.6 is 0 Å². The van der Waals surface area contributed by atoms with Crippen molar-refractivity contribution in [1.29, 1.82) is 0 Å². The van der Waals surface area contributed by atoms with E-state index in [0.717, 1.165) is 28.0 Å². The van der Waals surface area contributed by atoms with Gasteiger partial charge < -0.3 is 0 Å². The van der Waals surface area contributed by atoms with Gasteiger partial charge in [0.2, 0.25) is 0 Å². The standard InChI is InChI=1S/C27H22N2/c1-18(2)27-28-25(21-11-7-4-8-12-21)23-16-15-20-13-14-22(17-24(20)26(23)29-27)19-9-5-3-6-10-19/h3-18H,1-2H3. The summed E-state index contributed by atoms with van der Waals surface area (Å²) in [7, 11) is 0. The Morgan fingerprint density at radius 1 is 0.586 bits per heavy atom. The monoisotopic (exact) mass is 374 g/mol. The van der Waals surface area contributed by atoms with Gasteiger partial charge in [0.05, 0.1) is 11.2 Å². The topological polar surface area (TPSA) is 25.8 Å². The number of fused-ring (bicyclic) bond motifs is 3. The minimum atomic E-state index is 0.259. The smallest absolute Gasteiger partial charge is 0.132 e. The highest BCUT2D eigenvalue weighted by atomic mass is 14.9. The predicted molar refractivity (Wildman–Crippen MR) is 122 cm³/mol. The Morgan fingerprint density at radius 3 is 1.93 bits per heavy atom. The molecule has 0 aliphatic heterocycles. The predicted octanol–water partition coefficient (Wildman–Crippen LogP) is 7.24. The molecule has 4 aromatic carbocycles. The molecule has 0 saturated heterocycles. The summed E-state index contributed by atoms with van der Waals surface area (Å²) in [5, 5.41) is 3.47. The third-order valence-electron chi connectivity index (χ3n) is 5.37. The maximum atomic E-state index is 5.01. The maximum Gasteiger partial charge on any atom is 0.132 e. The molecule has 0 aliphatic carbocycles. The number of benzene rings is 4. The lowest BCUT2D eigenvalue weighted by Crippen LogP contribution is -2.01. The molecule has 29 heavy (non-hydrogen) atoms. The van der Waals surface area contributed by atoms with E-state index in [4.69, 9.17) is 9.97 Å². The van der Waals surface area contributed by atoms with Crippen molar-refractivity contribution in [1.82, 2.24) is 9.97 Å². The maximum absolute atomic E-state index is 5.01. The number of aromatic nitrogens is 2. The molecule has 0 spiro atoms. The zero-order valence-electron chi connectivity index (χ0n) is 16.6. The fraction of sp³-hybridized carbons (Fsp3) is 0.111. The van der Waals surface area contributed by atoms with Crippen molar-refractivity contribution in [3.05, 3.63) is 96.8 Å². The number of hydrogen-bond donors (Lipinski definition) is 0. The van der Waals surface area contributed by atoms with E-state index >= 15 is 0 Å². The van der Waals surface area contributed by atoms with Crippen molar-refractivity contribution in [2.24, 2.45) is 0 Å². The van der Waals surface area contributed by atoms with E-state index in [9.17, 15) is 0 Å². The van der Waals surface area contributed by atoms with Gasteiger partial charge in [0, 0.05) is 22.3 Å². The van der Waals surface area contributed by atoms with Crippen molar-refractivity contribution in [2.45, 2.75) is 19.8 Å². The molecule has 1 aromatic heterocycles. The number of rotatable bonds is 3. The van der Waals surface area contributed by atoms with Crippen molar-refractivity contribution >= 4 is 21.7 Å². The molecule has 2 heteroatoms. The van der Waals surface area contributed by atoms with Gasteiger partial charge in [-0.05, 0) is 28.6 Å². The molecule has 5 rings (SSSR count). The first kappa shape index (κ1) is 17.6. The molecular weight excluding hydrogens is 352 g/mol. The molecule has 5 aromatic rings. The van der Waals surface area contributed by atoms with Gasteiger partial charge in [0.15, 0.2) is 0 Å². The largest absolute Gasteiger partial charge is 0.232 e. The quantitative estimate of drug-likeness (QED) is 0.311. The van der Waals surface area contributed by atoms with E-state index in [0.29, 0.717) is 0 Å². The summed E-state index contributed by atoms with van der Waals surface area (Å²) >= 11 is 0. The molecule has 1 heterocycles. The van der Waals surface area contributed by atoms with Crippen LogP contribution in [-0.4, -0.2) is 9.97 Å². The molecule has 0 N–H and O–H groups in total. The molecular formula is C27H22N2. The minimum Gasteiger partial charge on any atom is -0.232 e. The van der Waals surface area contributed by atoms with Crippen LogP contribution in [0.25, 0.3) is 44.1 Å². The SMILES string of the molecule is CC(C)c1nc(-c2ccccc2)c2ccc3ccc(-c4ccccc4)cc3c2n1. The van der Waals surface area contributed by atoms with Crippen LogP contribution in [0.2, 0.25) is 0 Å². The van der Waals surface area contributed by atoms with E-state index in [1.165, 1.54) is 21.9 Å². The van der Waals surface area contributed by atoms with E-state index in [2.05, 4.69) is 92.7 Å². The molecule has 0 fully saturated rings. The van der Waals surface area contributed by atoms with E-state index in [1.54, 1.807) is 0 Å². The van der Waals surface area contributed by atoms with Gasteiger partial charge in [0.25, 0.3) is 0 Å². The Balaban J connectivity index is 1.85. The molecule has 0 unspecified atom stereocenters. The zero-order valence-corrected chi connectivity index (χ0v) is 16.6. The second-order valence-electron chi connectivity index (χ2n) is 7.71. The van der Waals surface area contributed by atoms with E-state index < -0.39 is 0 Å². The fourth-order valence-corrected chi connectivity index (χ4v) is 3.81. The highest BCUT2D eigenvalue weighted by Crippen LogP contribution is 2.34. The molecule has 0 atom stereocenters. The van der Waals surface area contributed by atoms with Gasteiger partial charge in [-0.15, -0.1) is 0 Å². The highest BCUT2D eigenvalue weighted by Gasteiger charge is 2.14. The van der Waals surface area contributed by atoms with Crippen LogP contribution in [0, 0.1) is 0 Å². The number of nitrogens with zero attached hydrogens (tertiary/aromatic N) is 2. The van der Waals surface area contributed by atoms with Gasteiger partial charge in [-0.1, -0.05) is 92.7 Å². The van der Waals surface area contributed by atoms with Gasteiger partial charge in [-0.2, -0.15) is 0 Å². The number of hydrogen-bond acceptors (Lipinski definition) is 2.